The van der Waals surface area contributed by atoms with Crippen LogP contribution in [0.2, 0.25) is 0 Å². The number of nitrogens with one attached hydrogen (secondary N) is 1. The SMILES string of the molecule is C=C(C(=O)OCC)[C@H]1NC(=O)[C@@H]1[C@@H](C)OC(=O)OCc1ccccc1. The van der Waals surface area contributed by atoms with E-state index in [1.165, 1.54) is 0 Å². The first kappa shape index (κ1) is 18.5. The Bertz CT molecular complexity index is 657. The van der Waals surface area contributed by atoms with E-state index >= 15 is 0 Å². The third-order valence-corrected chi connectivity index (χ3v) is 3.86. The normalized spacial score (nSPS) is 19.8. The van der Waals surface area contributed by atoms with E-state index in [0.29, 0.717) is 0 Å². The van der Waals surface area contributed by atoms with Crippen molar-refractivity contribution in [3.63, 3.8) is 0 Å². The Labute approximate surface area is 145 Å². The van der Waals surface area contributed by atoms with E-state index < -0.39 is 30.2 Å². The molecule has 25 heavy (non-hydrogen) atoms. The Hall–Kier alpha value is -2.83. The number of amides is 1. The number of benzene rings is 1. The number of hydrogen-bond acceptors (Lipinski definition) is 6. The molecule has 7 heteroatoms. The van der Waals surface area contributed by atoms with Crippen LogP contribution in [-0.2, 0) is 30.4 Å². The molecular formula is C18H21NO6. The predicted molar refractivity (Wildman–Crippen MR) is 88.4 cm³/mol. The molecule has 1 fully saturated rings. The van der Waals surface area contributed by atoms with Crippen molar-refractivity contribution in [2.45, 2.75) is 32.6 Å². The Morgan fingerprint density at radius 3 is 2.52 bits per heavy atom. The molecule has 0 aromatic heterocycles. The van der Waals surface area contributed by atoms with Crippen molar-refractivity contribution in [3.8, 4) is 0 Å². The largest absolute Gasteiger partial charge is 0.508 e. The van der Waals surface area contributed by atoms with Crippen LogP contribution < -0.4 is 5.32 Å². The minimum Gasteiger partial charge on any atom is -0.463 e. The monoisotopic (exact) mass is 347 g/mol. The second kappa shape index (κ2) is 8.32. The molecular weight excluding hydrogens is 326 g/mol. The lowest BCUT2D eigenvalue weighted by atomic mass is 9.82. The summed E-state index contributed by atoms with van der Waals surface area (Å²) in [4.78, 5) is 35.3. The summed E-state index contributed by atoms with van der Waals surface area (Å²) in [6.45, 7) is 7.18. The molecule has 1 aliphatic heterocycles. The number of carbonyl (C=O) groups excluding carboxylic acids is 3. The standard InChI is InChI=1S/C18H21NO6/c1-4-23-17(21)11(2)15-14(16(20)19-15)12(3)25-18(22)24-10-13-8-6-5-7-9-13/h5-9,12,14-15H,2,4,10H2,1,3H3,(H,19,20)/t12-,14-,15-/m1/s1. The highest BCUT2D eigenvalue weighted by molar-refractivity contribution is 5.96. The van der Waals surface area contributed by atoms with Gasteiger partial charge in [0.2, 0.25) is 5.91 Å². The van der Waals surface area contributed by atoms with Gasteiger partial charge in [-0.25, -0.2) is 9.59 Å². The summed E-state index contributed by atoms with van der Waals surface area (Å²) in [5.41, 5.74) is 0.946. The second-order valence-corrected chi connectivity index (χ2v) is 5.60. The molecule has 1 N–H and O–H groups in total. The van der Waals surface area contributed by atoms with E-state index in [1.807, 2.05) is 30.3 Å². The van der Waals surface area contributed by atoms with E-state index in [2.05, 4.69) is 11.9 Å². The van der Waals surface area contributed by atoms with Crippen molar-refractivity contribution in [1.29, 1.82) is 0 Å². The minimum atomic E-state index is -0.878. The van der Waals surface area contributed by atoms with Crippen LogP contribution in [-0.4, -0.2) is 36.8 Å². The summed E-state index contributed by atoms with van der Waals surface area (Å²) in [5.74, 6) is -1.61. The van der Waals surface area contributed by atoms with Crippen LogP contribution in [0.3, 0.4) is 0 Å². The second-order valence-electron chi connectivity index (χ2n) is 5.60. The molecule has 134 valence electrons. The topological polar surface area (TPSA) is 90.9 Å². The summed E-state index contributed by atoms with van der Waals surface area (Å²) < 4.78 is 15.0. The number of ether oxygens (including phenoxy) is 3. The van der Waals surface area contributed by atoms with Gasteiger partial charge < -0.3 is 19.5 Å². The van der Waals surface area contributed by atoms with E-state index in [9.17, 15) is 14.4 Å². The molecule has 0 spiro atoms. The third kappa shape index (κ3) is 4.59. The van der Waals surface area contributed by atoms with Gasteiger partial charge >= 0.3 is 12.1 Å². The van der Waals surface area contributed by atoms with Gasteiger partial charge in [-0.1, -0.05) is 36.9 Å². The third-order valence-electron chi connectivity index (χ3n) is 3.86. The fourth-order valence-corrected chi connectivity index (χ4v) is 2.51. The van der Waals surface area contributed by atoms with Gasteiger partial charge in [0, 0.05) is 0 Å². The van der Waals surface area contributed by atoms with Crippen LogP contribution in [0.4, 0.5) is 4.79 Å². The van der Waals surface area contributed by atoms with Crippen molar-refractivity contribution in [2.24, 2.45) is 5.92 Å². The van der Waals surface area contributed by atoms with Crippen LogP contribution in [0.5, 0.6) is 0 Å². The average Bonchev–Trinajstić information content (AvgIpc) is 2.58. The summed E-state index contributed by atoms with van der Waals surface area (Å²) in [7, 11) is 0. The summed E-state index contributed by atoms with van der Waals surface area (Å²) in [5, 5.41) is 2.57. The number of carbonyl (C=O) groups is 3. The summed E-state index contributed by atoms with van der Waals surface area (Å²) in [6, 6.07) is 8.53. The van der Waals surface area contributed by atoms with Gasteiger partial charge in [-0.05, 0) is 19.4 Å². The first-order chi connectivity index (χ1) is 11.9. The zero-order valence-corrected chi connectivity index (χ0v) is 14.2. The molecule has 1 aromatic rings. The number of β-lactam (4-membered cyclic amide) rings is 1. The lowest BCUT2D eigenvalue weighted by molar-refractivity contribution is -0.144. The van der Waals surface area contributed by atoms with E-state index in [0.717, 1.165) is 5.56 Å². The van der Waals surface area contributed by atoms with Crippen LogP contribution in [0, 0.1) is 5.92 Å². The van der Waals surface area contributed by atoms with Gasteiger partial charge in [-0.15, -0.1) is 0 Å². The molecule has 0 saturated carbocycles. The Morgan fingerprint density at radius 1 is 1.24 bits per heavy atom. The first-order valence-electron chi connectivity index (χ1n) is 7.97. The molecule has 1 aliphatic rings. The number of esters is 1. The van der Waals surface area contributed by atoms with Crippen LogP contribution in [0.1, 0.15) is 19.4 Å². The molecule has 3 atom stereocenters. The molecule has 0 aliphatic carbocycles. The molecule has 7 nitrogen and oxygen atoms in total. The zero-order chi connectivity index (χ0) is 18.4. The molecule has 0 unspecified atom stereocenters. The Morgan fingerprint density at radius 2 is 1.92 bits per heavy atom. The maximum Gasteiger partial charge on any atom is 0.508 e. The predicted octanol–water partition coefficient (Wildman–Crippen LogP) is 1.96. The molecule has 1 heterocycles. The maximum absolute atomic E-state index is 11.8. The van der Waals surface area contributed by atoms with Gasteiger partial charge in [-0.3, -0.25) is 4.79 Å². The highest BCUT2D eigenvalue weighted by Crippen LogP contribution is 2.27. The number of hydrogen-bond donors (Lipinski definition) is 1. The highest BCUT2D eigenvalue weighted by atomic mass is 16.7. The van der Waals surface area contributed by atoms with Gasteiger partial charge in [0.05, 0.1) is 24.1 Å². The number of rotatable bonds is 7. The molecule has 1 saturated heterocycles. The average molecular weight is 347 g/mol. The highest BCUT2D eigenvalue weighted by Gasteiger charge is 2.47. The zero-order valence-electron chi connectivity index (χ0n) is 14.2. The fourth-order valence-electron chi connectivity index (χ4n) is 2.51. The van der Waals surface area contributed by atoms with Crippen LogP contribution in [0.15, 0.2) is 42.5 Å². The molecule has 1 amide bonds. The van der Waals surface area contributed by atoms with Gasteiger partial charge in [-0.2, -0.15) is 0 Å². The lowest BCUT2D eigenvalue weighted by Gasteiger charge is -2.39. The van der Waals surface area contributed by atoms with Crippen molar-refractivity contribution in [3.05, 3.63) is 48.0 Å². The summed E-state index contributed by atoms with van der Waals surface area (Å²) >= 11 is 0. The minimum absolute atomic E-state index is 0.0716. The smallest absolute Gasteiger partial charge is 0.463 e. The molecule has 2 rings (SSSR count). The Kier molecular flexibility index (Phi) is 6.16. The van der Waals surface area contributed by atoms with Gasteiger partial charge in [0.1, 0.15) is 12.7 Å². The van der Waals surface area contributed by atoms with Gasteiger partial charge in [0.15, 0.2) is 0 Å². The van der Waals surface area contributed by atoms with Crippen molar-refractivity contribution >= 4 is 18.0 Å². The maximum atomic E-state index is 11.8. The fraction of sp³-hybridized carbons (Fsp3) is 0.389. The molecule has 1 aromatic carbocycles. The lowest BCUT2D eigenvalue weighted by Crippen LogP contribution is -2.63. The Balaban J connectivity index is 1.86. The summed E-state index contributed by atoms with van der Waals surface area (Å²) in [6.07, 6.45) is -1.65. The van der Waals surface area contributed by atoms with Gasteiger partial charge in [0.25, 0.3) is 0 Å². The van der Waals surface area contributed by atoms with Crippen LogP contribution in [0.25, 0.3) is 0 Å². The van der Waals surface area contributed by atoms with E-state index in [-0.39, 0.29) is 24.7 Å². The van der Waals surface area contributed by atoms with Crippen molar-refractivity contribution in [2.75, 3.05) is 6.61 Å². The van der Waals surface area contributed by atoms with E-state index in [1.54, 1.807) is 13.8 Å². The molecule has 0 bridgehead atoms. The van der Waals surface area contributed by atoms with E-state index in [4.69, 9.17) is 14.2 Å². The van der Waals surface area contributed by atoms with Crippen molar-refractivity contribution < 1.29 is 28.6 Å². The van der Waals surface area contributed by atoms with Crippen LogP contribution >= 0.6 is 0 Å². The first-order valence-corrected chi connectivity index (χ1v) is 7.97. The quantitative estimate of drug-likeness (QED) is 0.461. The molecule has 0 radical (unpaired) electrons. The van der Waals surface area contributed by atoms with Crippen molar-refractivity contribution in [1.82, 2.24) is 5.32 Å².